The summed E-state index contributed by atoms with van der Waals surface area (Å²) in [5.41, 5.74) is 3.00. The zero-order chi connectivity index (χ0) is 20.4. The standard InChI is InChI=1S/C26H22S2Si2/c1-29(2)21-11-7-5-9-15(21)23-25(29)17-13-20-18(14-19(17)27-23)26-24(28-20)16-10-6-8-12-22(16)30(26,3)4/h5-14H,1-4H3. The molecule has 0 saturated carbocycles. The molecule has 0 saturated heterocycles. The minimum absolute atomic E-state index is 1.49. The summed E-state index contributed by atoms with van der Waals surface area (Å²) in [5, 5.41) is 9.65. The van der Waals surface area contributed by atoms with Crippen LogP contribution >= 0.6 is 22.7 Å². The second-order valence-electron chi connectivity index (χ2n) is 9.80. The second-order valence-corrected chi connectivity index (χ2v) is 20.5. The lowest BCUT2D eigenvalue weighted by Gasteiger charge is -2.20. The van der Waals surface area contributed by atoms with Gasteiger partial charge in [0.05, 0.1) is 0 Å². The van der Waals surface area contributed by atoms with Crippen molar-refractivity contribution < 1.29 is 0 Å². The van der Waals surface area contributed by atoms with Crippen molar-refractivity contribution in [1.82, 2.24) is 0 Å². The average Bonchev–Trinajstić information content (AvgIpc) is 3.40. The van der Waals surface area contributed by atoms with Crippen LogP contribution in [0.3, 0.4) is 0 Å². The van der Waals surface area contributed by atoms with E-state index in [1.165, 1.54) is 31.3 Å². The Morgan fingerprint density at radius 3 is 1.40 bits per heavy atom. The number of thiophene rings is 2. The molecule has 2 aliphatic rings. The summed E-state index contributed by atoms with van der Waals surface area (Å²) in [4.78, 5) is 3.10. The Labute approximate surface area is 186 Å². The van der Waals surface area contributed by atoms with Crippen LogP contribution in [-0.2, 0) is 0 Å². The maximum absolute atomic E-state index is 2.55. The van der Waals surface area contributed by atoms with Gasteiger partial charge in [-0.2, -0.15) is 0 Å². The van der Waals surface area contributed by atoms with E-state index in [1.54, 1.807) is 30.5 Å². The quantitative estimate of drug-likeness (QED) is 0.262. The lowest BCUT2D eigenvalue weighted by atomic mass is 10.1. The molecule has 0 nitrogen and oxygen atoms in total. The smallest absolute Gasteiger partial charge is 0.115 e. The molecule has 4 heteroatoms. The molecule has 0 spiro atoms. The van der Waals surface area contributed by atoms with Crippen molar-refractivity contribution in [2.24, 2.45) is 0 Å². The fourth-order valence-corrected chi connectivity index (χ4v) is 17.1. The van der Waals surface area contributed by atoms with E-state index in [2.05, 4.69) is 86.9 Å². The van der Waals surface area contributed by atoms with Gasteiger partial charge in [0.15, 0.2) is 0 Å². The molecule has 0 radical (unpaired) electrons. The van der Waals surface area contributed by atoms with Crippen LogP contribution in [0.15, 0.2) is 60.7 Å². The van der Waals surface area contributed by atoms with Gasteiger partial charge in [0.25, 0.3) is 0 Å². The van der Waals surface area contributed by atoms with Crippen LogP contribution in [0.2, 0.25) is 26.2 Å². The van der Waals surface area contributed by atoms with Crippen LogP contribution in [0.25, 0.3) is 41.1 Å². The van der Waals surface area contributed by atoms with Gasteiger partial charge in [0.1, 0.15) is 16.1 Å². The van der Waals surface area contributed by atoms with Gasteiger partial charge >= 0.3 is 0 Å². The van der Waals surface area contributed by atoms with Gasteiger partial charge in [0, 0.05) is 19.2 Å². The third-order valence-electron chi connectivity index (χ3n) is 7.44. The number of hydrogen-bond acceptors (Lipinski definition) is 2. The molecule has 0 fully saturated rings. The van der Waals surface area contributed by atoms with Crippen LogP contribution in [0.1, 0.15) is 0 Å². The minimum Gasteiger partial charge on any atom is -0.135 e. The highest BCUT2D eigenvalue weighted by Gasteiger charge is 2.42. The maximum atomic E-state index is 2.55. The first kappa shape index (κ1) is 17.7. The molecular weight excluding hydrogens is 433 g/mol. The molecule has 4 heterocycles. The van der Waals surface area contributed by atoms with Gasteiger partial charge in [0.2, 0.25) is 0 Å². The predicted octanol–water partition coefficient (Wildman–Crippen LogP) is 5.72. The highest BCUT2D eigenvalue weighted by molar-refractivity contribution is 7.29. The van der Waals surface area contributed by atoms with Crippen molar-refractivity contribution in [1.29, 1.82) is 0 Å². The number of hydrogen-bond donors (Lipinski definition) is 0. The highest BCUT2D eigenvalue weighted by Crippen LogP contribution is 2.44. The Bertz CT molecular complexity index is 1430. The molecule has 2 aliphatic heterocycles. The summed E-state index contributed by atoms with van der Waals surface area (Å²) in [7, 11) is -3.29. The van der Waals surface area contributed by atoms with E-state index >= 15 is 0 Å². The van der Waals surface area contributed by atoms with Gasteiger partial charge in [-0.3, -0.25) is 0 Å². The summed E-state index contributed by atoms with van der Waals surface area (Å²) in [6.45, 7) is 10.1. The normalized spacial score (nSPS) is 17.2. The van der Waals surface area contributed by atoms with E-state index < -0.39 is 16.1 Å². The van der Waals surface area contributed by atoms with Crippen molar-refractivity contribution in [3.8, 4) is 20.9 Å². The van der Waals surface area contributed by atoms with E-state index in [4.69, 9.17) is 0 Å². The SMILES string of the molecule is C[Si]1(C)c2ccccc2-c2sc3cc4c5c(sc4cc3c21)-c1ccccc1[Si]5(C)C. The highest BCUT2D eigenvalue weighted by atomic mass is 32.1. The summed E-state index contributed by atoms with van der Waals surface area (Å²) in [6, 6.07) is 23.4. The third kappa shape index (κ3) is 1.92. The van der Waals surface area contributed by atoms with Crippen molar-refractivity contribution in [2.45, 2.75) is 26.2 Å². The molecule has 3 aromatic carbocycles. The maximum Gasteiger partial charge on any atom is 0.115 e. The van der Waals surface area contributed by atoms with Crippen molar-refractivity contribution >= 4 is 79.7 Å². The zero-order valence-corrected chi connectivity index (χ0v) is 21.2. The molecule has 0 N–H and O–H groups in total. The first-order valence-corrected chi connectivity index (χ1v) is 18.3. The van der Waals surface area contributed by atoms with E-state index in [-0.39, 0.29) is 0 Å². The van der Waals surface area contributed by atoms with E-state index in [0.717, 1.165) is 0 Å². The summed E-state index contributed by atoms with van der Waals surface area (Å²) in [5.74, 6) is 0. The monoisotopic (exact) mass is 454 g/mol. The molecular formula is C26H22S2Si2. The molecule has 7 rings (SSSR count). The Balaban J connectivity index is 1.57. The first-order valence-electron chi connectivity index (χ1n) is 10.6. The number of rotatable bonds is 0. The molecule has 0 atom stereocenters. The van der Waals surface area contributed by atoms with Crippen LogP contribution in [-0.4, -0.2) is 16.1 Å². The Morgan fingerprint density at radius 2 is 0.967 bits per heavy atom. The molecule has 0 aliphatic carbocycles. The molecule has 0 bridgehead atoms. The van der Waals surface area contributed by atoms with Gasteiger partial charge in [-0.15, -0.1) is 22.7 Å². The van der Waals surface area contributed by atoms with Crippen LogP contribution in [0.5, 0.6) is 0 Å². The predicted molar refractivity (Wildman–Crippen MR) is 142 cm³/mol. The Kier molecular flexibility index (Phi) is 3.20. The van der Waals surface area contributed by atoms with Crippen LogP contribution in [0, 0.1) is 0 Å². The fourth-order valence-electron chi connectivity index (χ4n) is 6.03. The molecule has 0 amide bonds. The molecule has 2 aromatic heterocycles. The Morgan fingerprint density at radius 1 is 0.567 bits per heavy atom. The lowest BCUT2D eigenvalue weighted by Crippen LogP contribution is -2.49. The topological polar surface area (TPSA) is 0 Å². The summed E-state index contributed by atoms with van der Waals surface area (Å²) in [6.07, 6.45) is 0. The largest absolute Gasteiger partial charge is 0.135 e. The van der Waals surface area contributed by atoms with Crippen molar-refractivity contribution in [3.05, 3.63) is 60.7 Å². The second kappa shape index (κ2) is 5.43. The van der Waals surface area contributed by atoms with Crippen molar-refractivity contribution in [2.75, 3.05) is 0 Å². The van der Waals surface area contributed by atoms with Gasteiger partial charge < -0.3 is 0 Å². The van der Waals surface area contributed by atoms with Gasteiger partial charge in [-0.05, 0) is 54.8 Å². The van der Waals surface area contributed by atoms with E-state index in [0.29, 0.717) is 0 Å². The minimum atomic E-state index is -1.64. The number of benzene rings is 3. The van der Waals surface area contributed by atoms with Crippen LogP contribution in [0.4, 0.5) is 0 Å². The van der Waals surface area contributed by atoms with E-state index in [9.17, 15) is 0 Å². The molecule has 146 valence electrons. The van der Waals surface area contributed by atoms with Crippen LogP contribution < -0.4 is 20.7 Å². The molecule has 5 aromatic rings. The Hall–Kier alpha value is -1.99. The summed E-state index contributed by atoms with van der Waals surface area (Å²) >= 11 is 4.07. The average molecular weight is 455 g/mol. The van der Waals surface area contributed by atoms with Gasteiger partial charge in [-0.25, -0.2) is 0 Å². The summed E-state index contributed by atoms with van der Waals surface area (Å²) < 4.78 is 2.98. The van der Waals surface area contributed by atoms with Gasteiger partial charge in [-0.1, -0.05) is 74.7 Å². The first-order chi connectivity index (χ1) is 14.4. The zero-order valence-electron chi connectivity index (χ0n) is 17.6. The molecule has 0 unspecified atom stereocenters. The fraction of sp³-hybridized carbons (Fsp3) is 0.154. The van der Waals surface area contributed by atoms with Crippen molar-refractivity contribution in [3.63, 3.8) is 0 Å². The van der Waals surface area contributed by atoms with E-state index in [1.807, 2.05) is 22.7 Å². The number of fused-ring (bicyclic) bond motifs is 10. The lowest BCUT2D eigenvalue weighted by molar-refractivity contribution is 1.75. The molecule has 30 heavy (non-hydrogen) atoms. The third-order valence-corrected chi connectivity index (χ3v) is 17.3.